The Kier molecular flexibility index (Phi) is 19.3. The number of hydrogen-bond donors (Lipinski definition) is 0. The number of allylic oxidation sites excluding steroid dienone is 2. The summed E-state index contributed by atoms with van der Waals surface area (Å²) >= 11 is 0. The van der Waals surface area contributed by atoms with Gasteiger partial charge in [-0.2, -0.15) is 0 Å². The highest BCUT2D eigenvalue weighted by atomic mass is 16.5. The molecule has 52 heavy (non-hydrogen) atoms. The minimum absolute atomic E-state index is 0.456. The molecule has 0 aliphatic rings. The Labute approximate surface area is 311 Å². The van der Waals surface area contributed by atoms with E-state index < -0.39 is 0 Å². The summed E-state index contributed by atoms with van der Waals surface area (Å²) in [5.74, 6) is 3.24. The number of hydrogen-bond acceptors (Lipinski definition) is 6. The Bertz CT molecular complexity index is 1460. The van der Waals surface area contributed by atoms with Crippen LogP contribution in [0, 0.1) is 0 Å². The first kappa shape index (κ1) is 39.9. The molecule has 0 aromatic heterocycles. The molecule has 0 bridgehead atoms. The second-order valence-electron chi connectivity index (χ2n) is 13.1. The number of ether oxygens (including phenoxy) is 4. The predicted octanol–water partition coefficient (Wildman–Crippen LogP) is 11.2. The smallest absolute Gasteiger partial charge is 0.150 e. The number of benzene rings is 4. The van der Waals surface area contributed by atoms with Gasteiger partial charge in [0.25, 0.3) is 0 Å². The molecule has 0 amide bonds. The third-order valence-corrected chi connectivity index (χ3v) is 8.91. The van der Waals surface area contributed by atoms with E-state index in [1.165, 1.54) is 88.2 Å². The highest BCUT2D eigenvalue weighted by Crippen LogP contribution is 2.19. The SMILES string of the molecule is O=Cc1ccc(OCCOc2cccc(CCCCCCC/C=C/CCCCCCCc3cccc(OCCOc4ccc(C=O)cc4)c3)c2)cc1. The van der Waals surface area contributed by atoms with Crippen LogP contribution in [-0.4, -0.2) is 39.0 Å². The lowest BCUT2D eigenvalue weighted by molar-refractivity contribution is 0.111. The van der Waals surface area contributed by atoms with Gasteiger partial charge in [-0.3, -0.25) is 9.59 Å². The first-order valence-electron chi connectivity index (χ1n) is 19.2. The third kappa shape index (κ3) is 16.9. The van der Waals surface area contributed by atoms with Crippen LogP contribution in [0.3, 0.4) is 0 Å². The molecule has 4 rings (SSSR count). The van der Waals surface area contributed by atoms with E-state index in [2.05, 4.69) is 48.6 Å². The Morgan fingerprint density at radius 3 is 1.15 bits per heavy atom. The van der Waals surface area contributed by atoms with Crippen LogP contribution in [0.15, 0.2) is 109 Å². The average molecular weight is 705 g/mol. The van der Waals surface area contributed by atoms with E-state index in [9.17, 15) is 9.59 Å². The van der Waals surface area contributed by atoms with Gasteiger partial charge in [0.2, 0.25) is 0 Å². The Hall–Kier alpha value is -4.84. The van der Waals surface area contributed by atoms with Crippen LogP contribution in [0.25, 0.3) is 0 Å². The lowest BCUT2D eigenvalue weighted by Crippen LogP contribution is -2.09. The van der Waals surface area contributed by atoms with E-state index in [0.29, 0.717) is 37.6 Å². The molecular formula is C46H56O6. The van der Waals surface area contributed by atoms with E-state index in [1.807, 2.05) is 12.1 Å². The van der Waals surface area contributed by atoms with Crippen LogP contribution in [0.1, 0.15) is 109 Å². The topological polar surface area (TPSA) is 71.1 Å². The normalized spacial score (nSPS) is 11.0. The molecule has 6 heteroatoms. The zero-order chi connectivity index (χ0) is 36.3. The molecule has 6 nitrogen and oxygen atoms in total. The van der Waals surface area contributed by atoms with Crippen molar-refractivity contribution in [3.05, 3.63) is 131 Å². The van der Waals surface area contributed by atoms with E-state index in [1.54, 1.807) is 48.5 Å². The van der Waals surface area contributed by atoms with E-state index >= 15 is 0 Å². The van der Waals surface area contributed by atoms with Crippen LogP contribution < -0.4 is 18.9 Å². The molecule has 0 fully saturated rings. The summed E-state index contributed by atoms with van der Waals surface area (Å²) < 4.78 is 23.2. The number of rotatable bonds is 28. The Morgan fingerprint density at radius 1 is 0.385 bits per heavy atom. The van der Waals surface area contributed by atoms with E-state index in [4.69, 9.17) is 18.9 Å². The number of carbonyl (C=O) groups is 2. The molecule has 0 aliphatic carbocycles. The van der Waals surface area contributed by atoms with Gasteiger partial charge in [-0.05, 0) is 135 Å². The van der Waals surface area contributed by atoms with Gasteiger partial charge in [-0.1, -0.05) is 74.9 Å². The summed E-state index contributed by atoms with van der Waals surface area (Å²) in [5, 5.41) is 0. The number of aryl methyl sites for hydroxylation is 2. The largest absolute Gasteiger partial charge is 0.490 e. The fraction of sp³-hybridized carbons (Fsp3) is 0.391. The van der Waals surface area contributed by atoms with Gasteiger partial charge < -0.3 is 18.9 Å². The van der Waals surface area contributed by atoms with Crippen molar-refractivity contribution in [2.24, 2.45) is 0 Å². The molecule has 276 valence electrons. The fourth-order valence-electron chi connectivity index (χ4n) is 5.98. The molecule has 0 saturated heterocycles. The zero-order valence-electron chi connectivity index (χ0n) is 30.7. The molecule has 0 atom stereocenters. The predicted molar refractivity (Wildman–Crippen MR) is 210 cm³/mol. The summed E-state index contributed by atoms with van der Waals surface area (Å²) in [6.45, 7) is 1.86. The quantitative estimate of drug-likeness (QED) is 0.0333. The van der Waals surface area contributed by atoms with E-state index in [-0.39, 0.29) is 0 Å². The van der Waals surface area contributed by atoms with Crippen LogP contribution >= 0.6 is 0 Å². The van der Waals surface area contributed by atoms with Gasteiger partial charge in [0.15, 0.2) is 0 Å². The van der Waals surface area contributed by atoms with Crippen molar-refractivity contribution in [3.63, 3.8) is 0 Å². The summed E-state index contributed by atoms with van der Waals surface area (Å²) in [7, 11) is 0. The second-order valence-corrected chi connectivity index (χ2v) is 13.1. The first-order chi connectivity index (χ1) is 25.7. The number of carbonyl (C=O) groups excluding carboxylic acids is 2. The summed E-state index contributed by atoms with van der Waals surface area (Å²) in [6.07, 6.45) is 23.7. The molecule has 4 aromatic rings. The van der Waals surface area contributed by atoms with Crippen molar-refractivity contribution >= 4 is 12.6 Å². The van der Waals surface area contributed by atoms with Crippen LogP contribution in [0.2, 0.25) is 0 Å². The minimum atomic E-state index is 0.456. The zero-order valence-corrected chi connectivity index (χ0v) is 30.7. The third-order valence-electron chi connectivity index (χ3n) is 8.91. The van der Waals surface area contributed by atoms with Crippen molar-refractivity contribution in [1.29, 1.82) is 0 Å². The molecule has 0 unspecified atom stereocenters. The molecule has 0 N–H and O–H groups in total. The van der Waals surface area contributed by atoms with Crippen molar-refractivity contribution in [1.82, 2.24) is 0 Å². The minimum Gasteiger partial charge on any atom is -0.490 e. The maximum absolute atomic E-state index is 10.8. The van der Waals surface area contributed by atoms with Gasteiger partial charge in [0, 0.05) is 11.1 Å². The van der Waals surface area contributed by atoms with Crippen LogP contribution in [0.4, 0.5) is 0 Å². The van der Waals surface area contributed by atoms with E-state index in [0.717, 1.165) is 48.4 Å². The molecule has 0 radical (unpaired) electrons. The van der Waals surface area contributed by atoms with Crippen LogP contribution in [-0.2, 0) is 12.8 Å². The van der Waals surface area contributed by atoms with Gasteiger partial charge >= 0.3 is 0 Å². The lowest BCUT2D eigenvalue weighted by Gasteiger charge is -2.10. The number of aldehydes is 2. The first-order valence-corrected chi connectivity index (χ1v) is 19.2. The monoisotopic (exact) mass is 704 g/mol. The van der Waals surface area contributed by atoms with Gasteiger partial charge in [0.05, 0.1) is 0 Å². The van der Waals surface area contributed by atoms with Crippen molar-refractivity contribution < 1.29 is 28.5 Å². The lowest BCUT2D eigenvalue weighted by atomic mass is 10.0. The average Bonchev–Trinajstić information content (AvgIpc) is 3.19. The standard InChI is InChI=1S/C46H56O6/c47-37-41-23-27-43(28-24-41)49-31-33-51-45-21-15-19-39(35-45)17-13-11-9-7-5-3-1-2-4-6-8-10-12-14-18-40-20-16-22-46(36-40)52-34-32-50-44-29-25-42(38-48)26-30-44/h1-2,15-16,19-30,35-38H,3-14,17-18,31-34H2/b2-1+. The van der Waals surface area contributed by atoms with Gasteiger partial charge in [-0.25, -0.2) is 0 Å². The molecular weight excluding hydrogens is 649 g/mol. The summed E-state index contributed by atoms with van der Waals surface area (Å²) in [4.78, 5) is 21.5. The van der Waals surface area contributed by atoms with Crippen molar-refractivity contribution in [2.75, 3.05) is 26.4 Å². The van der Waals surface area contributed by atoms with Crippen LogP contribution in [0.5, 0.6) is 23.0 Å². The van der Waals surface area contributed by atoms with Crippen molar-refractivity contribution in [3.8, 4) is 23.0 Å². The Morgan fingerprint density at radius 2 is 0.750 bits per heavy atom. The highest BCUT2D eigenvalue weighted by Gasteiger charge is 2.02. The molecule has 0 heterocycles. The highest BCUT2D eigenvalue weighted by molar-refractivity contribution is 5.75. The summed E-state index contributed by atoms with van der Waals surface area (Å²) in [6, 6.07) is 31.0. The van der Waals surface area contributed by atoms with Gasteiger partial charge in [-0.15, -0.1) is 0 Å². The fourth-order valence-corrected chi connectivity index (χ4v) is 5.98. The maximum atomic E-state index is 10.8. The van der Waals surface area contributed by atoms with Crippen molar-refractivity contribution in [2.45, 2.75) is 89.9 Å². The number of unbranched alkanes of at least 4 members (excludes halogenated alkanes) is 10. The molecule has 0 saturated carbocycles. The molecule has 4 aromatic carbocycles. The molecule has 0 aliphatic heterocycles. The van der Waals surface area contributed by atoms with Gasteiger partial charge in [0.1, 0.15) is 62.0 Å². The molecule has 0 spiro atoms. The Balaban J connectivity index is 0.915. The maximum Gasteiger partial charge on any atom is 0.150 e. The second kappa shape index (κ2) is 25.2. The summed E-state index contributed by atoms with van der Waals surface area (Å²) in [5.41, 5.74) is 3.92.